The Morgan fingerprint density at radius 1 is 1.17 bits per heavy atom. The van der Waals surface area contributed by atoms with Crippen LogP contribution in [0.5, 0.6) is 0 Å². The van der Waals surface area contributed by atoms with Crippen molar-refractivity contribution in [2.24, 2.45) is 11.3 Å². The van der Waals surface area contributed by atoms with Crippen molar-refractivity contribution in [2.75, 3.05) is 0 Å². The predicted octanol–water partition coefficient (Wildman–Crippen LogP) is 1.06. The van der Waals surface area contributed by atoms with Gasteiger partial charge in [0.2, 0.25) is 0 Å². The van der Waals surface area contributed by atoms with E-state index in [1.54, 1.807) is 0 Å². The SMILES string of the molecule is C[C@]1(O)CC[C@]2(O)CC[C@H]3CC321. The Bertz CT molecular complexity index is 248. The van der Waals surface area contributed by atoms with Crippen molar-refractivity contribution in [3.05, 3.63) is 0 Å². The molecule has 2 N–H and O–H groups in total. The molecule has 0 aromatic rings. The fourth-order valence-electron chi connectivity index (χ4n) is 4.07. The van der Waals surface area contributed by atoms with Crippen molar-refractivity contribution in [3.63, 3.8) is 0 Å². The maximum atomic E-state index is 10.3. The molecule has 4 atom stereocenters. The topological polar surface area (TPSA) is 40.5 Å². The van der Waals surface area contributed by atoms with E-state index in [1.807, 2.05) is 6.92 Å². The van der Waals surface area contributed by atoms with Gasteiger partial charge in [0.1, 0.15) is 0 Å². The third-order valence-corrected chi connectivity index (χ3v) is 4.83. The molecule has 12 heavy (non-hydrogen) atoms. The summed E-state index contributed by atoms with van der Waals surface area (Å²) in [5, 5.41) is 20.5. The van der Waals surface area contributed by atoms with Crippen molar-refractivity contribution in [2.45, 2.75) is 50.2 Å². The number of hydrogen-bond acceptors (Lipinski definition) is 2. The monoisotopic (exact) mass is 168 g/mol. The van der Waals surface area contributed by atoms with Crippen LogP contribution in [0.2, 0.25) is 0 Å². The molecule has 3 saturated carbocycles. The van der Waals surface area contributed by atoms with Crippen LogP contribution in [0.3, 0.4) is 0 Å². The molecular formula is C10H16O2. The van der Waals surface area contributed by atoms with E-state index in [4.69, 9.17) is 0 Å². The van der Waals surface area contributed by atoms with Crippen LogP contribution in [0.25, 0.3) is 0 Å². The lowest BCUT2D eigenvalue weighted by Crippen LogP contribution is -2.42. The molecule has 2 heteroatoms. The molecule has 2 nitrogen and oxygen atoms in total. The van der Waals surface area contributed by atoms with Gasteiger partial charge in [-0.25, -0.2) is 0 Å². The minimum Gasteiger partial charge on any atom is -0.389 e. The second-order valence-corrected chi connectivity index (χ2v) is 5.22. The van der Waals surface area contributed by atoms with E-state index in [0.29, 0.717) is 5.92 Å². The Morgan fingerprint density at radius 3 is 2.50 bits per heavy atom. The molecule has 0 heterocycles. The van der Waals surface area contributed by atoms with Crippen LogP contribution in [0, 0.1) is 11.3 Å². The van der Waals surface area contributed by atoms with Crippen LogP contribution in [0.1, 0.15) is 39.0 Å². The molecule has 0 aromatic heterocycles. The van der Waals surface area contributed by atoms with Gasteiger partial charge in [0, 0.05) is 5.41 Å². The smallest absolute Gasteiger partial charge is 0.0735 e. The zero-order chi connectivity index (χ0) is 8.61. The molecular weight excluding hydrogens is 152 g/mol. The van der Waals surface area contributed by atoms with Gasteiger partial charge in [0.25, 0.3) is 0 Å². The zero-order valence-electron chi connectivity index (χ0n) is 7.51. The first-order chi connectivity index (χ1) is 5.52. The first-order valence-corrected chi connectivity index (χ1v) is 4.97. The van der Waals surface area contributed by atoms with Crippen molar-refractivity contribution in [1.29, 1.82) is 0 Å². The van der Waals surface area contributed by atoms with E-state index in [1.165, 1.54) is 0 Å². The average Bonchev–Trinajstić information content (AvgIpc) is 2.63. The maximum absolute atomic E-state index is 10.3. The van der Waals surface area contributed by atoms with Gasteiger partial charge in [-0.15, -0.1) is 0 Å². The molecule has 1 unspecified atom stereocenters. The Hall–Kier alpha value is -0.0800. The van der Waals surface area contributed by atoms with Crippen molar-refractivity contribution >= 4 is 0 Å². The van der Waals surface area contributed by atoms with Crippen molar-refractivity contribution in [1.82, 2.24) is 0 Å². The molecule has 0 aliphatic heterocycles. The Kier molecular flexibility index (Phi) is 0.978. The van der Waals surface area contributed by atoms with E-state index in [9.17, 15) is 10.2 Å². The summed E-state index contributed by atoms with van der Waals surface area (Å²) in [4.78, 5) is 0. The Labute approximate surface area is 72.6 Å². The third-order valence-electron chi connectivity index (χ3n) is 4.83. The van der Waals surface area contributed by atoms with Gasteiger partial charge in [-0.05, 0) is 44.9 Å². The Morgan fingerprint density at radius 2 is 1.92 bits per heavy atom. The summed E-state index contributed by atoms with van der Waals surface area (Å²) in [7, 11) is 0. The highest BCUT2D eigenvalue weighted by Gasteiger charge is 2.79. The predicted molar refractivity (Wildman–Crippen MR) is 44.6 cm³/mol. The fourth-order valence-corrected chi connectivity index (χ4v) is 4.07. The summed E-state index contributed by atoms with van der Waals surface area (Å²) in [5.41, 5.74) is -1.16. The fraction of sp³-hybridized carbons (Fsp3) is 1.00. The summed E-state index contributed by atoms with van der Waals surface area (Å²) >= 11 is 0. The molecule has 0 amide bonds. The van der Waals surface area contributed by atoms with Crippen LogP contribution in [0.4, 0.5) is 0 Å². The summed E-state index contributed by atoms with van der Waals surface area (Å²) in [5.74, 6) is 0.625. The molecule has 3 fully saturated rings. The van der Waals surface area contributed by atoms with Crippen LogP contribution in [-0.2, 0) is 0 Å². The van der Waals surface area contributed by atoms with Gasteiger partial charge in [-0.2, -0.15) is 0 Å². The number of rotatable bonds is 0. The lowest BCUT2D eigenvalue weighted by Gasteiger charge is -2.33. The van der Waals surface area contributed by atoms with Crippen molar-refractivity contribution < 1.29 is 10.2 Å². The van der Waals surface area contributed by atoms with Crippen molar-refractivity contribution in [3.8, 4) is 0 Å². The number of hydrogen-bond donors (Lipinski definition) is 2. The second-order valence-electron chi connectivity index (χ2n) is 5.22. The quantitative estimate of drug-likeness (QED) is 0.568. The highest BCUT2D eigenvalue weighted by molar-refractivity contribution is 5.29. The molecule has 0 aromatic carbocycles. The number of aliphatic hydroxyl groups is 2. The molecule has 3 aliphatic rings. The summed E-state index contributed by atoms with van der Waals surface area (Å²) < 4.78 is 0. The van der Waals surface area contributed by atoms with Gasteiger partial charge in [0.15, 0.2) is 0 Å². The van der Waals surface area contributed by atoms with Gasteiger partial charge < -0.3 is 10.2 Å². The lowest BCUT2D eigenvalue weighted by atomic mass is 9.81. The molecule has 0 radical (unpaired) electrons. The molecule has 1 spiro atoms. The van der Waals surface area contributed by atoms with E-state index in [-0.39, 0.29) is 5.41 Å². The van der Waals surface area contributed by atoms with Crippen LogP contribution in [0.15, 0.2) is 0 Å². The van der Waals surface area contributed by atoms with Gasteiger partial charge in [-0.3, -0.25) is 0 Å². The molecule has 68 valence electrons. The average molecular weight is 168 g/mol. The van der Waals surface area contributed by atoms with E-state index >= 15 is 0 Å². The normalized spacial score (nSPS) is 67.8. The van der Waals surface area contributed by atoms with E-state index in [2.05, 4.69) is 0 Å². The van der Waals surface area contributed by atoms with Crippen LogP contribution >= 0.6 is 0 Å². The van der Waals surface area contributed by atoms with Gasteiger partial charge in [-0.1, -0.05) is 0 Å². The largest absolute Gasteiger partial charge is 0.389 e. The highest BCUT2D eigenvalue weighted by atomic mass is 16.3. The third kappa shape index (κ3) is 0.495. The first-order valence-electron chi connectivity index (χ1n) is 4.97. The standard InChI is InChI=1S/C10H16O2/c1-8(11)4-5-9(12)3-2-7-6-10(7,8)9/h7,11-12H,2-6H2,1H3/t7-,8-,9+,10?/m0/s1. The van der Waals surface area contributed by atoms with E-state index in [0.717, 1.165) is 32.1 Å². The molecule has 3 aliphatic carbocycles. The minimum absolute atomic E-state index is 0.0833. The van der Waals surface area contributed by atoms with Gasteiger partial charge >= 0.3 is 0 Å². The highest BCUT2D eigenvalue weighted by Crippen LogP contribution is 2.77. The lowest BCUT2D eigenvalue weighted by molar-refractivity contribution is -0.0753. The van der Waals surface area contributed by atoms with Gasteiger partial charge in [0.05, 0.1) is 11.2 Å². The first kappa shape index (κ1) is 7.34. The minimum atomic E-state index is -0.580. The molecule has 0 saturated heterocycles. The summed E-state index contributed by atoms with van der Waals surface area (Å²) in [6.07, 6.45) is 4.73. The second kappa shape index (κ2) is 1.60. The summed E-state index contributed by atoms with van der Waals surface area (Å²) in [6, 6.07) is 0. The van der Waals surface area contributed by atoms with Crippen LogP contribution in [-0.4, -0.2) is 21.4 Å². The molecule has 3 rings (SSSR count). The zero-order valence-corrected chi connectivity index (χ0v) is 7.51. The van der Waals surface area contributed by atoms with Crippen LogP contribution < -0.4 is 0 Å². The molecule has 0 bridgehead atoms. The van der Waals surface area contributed by atoms with E-state index < -0.39 is 11.2 Å². The maximum Gasteiger partial charge on any atom is 0.0735 e. The Balaban J connectivity index is 2.10. The summed E-state index contributed by atoms with van der Waals surface area (Å²) in [6.45, 7) is 1.91.